The average molecular weight is 535 g/mol. The van der Waals surface area contributed by atoms with E-state index in [0.29, 0.717) is 23.7 Å². The van der Waals surface area contributed by atoms with Gasteiger partial charge in [-0.15, -0.1) is 0 Å². The number of aromatic nitrogens is 3. The van der Waals surface area contributed by atoms with Crippen LogP contribution in [0.1, 0.15) is 40.5 Å². The largest absolute Gasteiger partial charge is 0.497 e. The minimum atomic E-state index is -0.339. The SMILES string of the molecule is CCCn1c2ccc(NC(=O)Nc3cccc(OC)c3)cc2c2c3c(c4c(c21)CCc1nn(C)cc1-4)C(=O)NC3. The number of urea groups is 1. The van der Waals surface area contributed by atoms with E-state index in [-0.39, 0.29) is 11.9 Å². The first kappa shape index (κ1) is 24.3. The van der Waals surface area contributed by atoms with Crippen molar-refractivity contribution in [3.63, 3.8) is 0 Å². The van der Waals surface area contributed by atoms with E-state index < -0.39 is 0 Å². The molecular formula is C31H30N6O3. The van der Waals surface area contributed by atoms with Crippen molar-refractivity contribution >= 4 is 45.1 Å². The first-order valence-electron chi connectivity index (χ1n) is 13.6. The zero-order valence-electron chi connectivity index (χ0n) is 22.7. The van der Waals surface area contributed by atoms with Crippen molar-refractivity contribution < 1.29 is 14.3 Å². The number of hydrogen-bond acceptors (Lipinski definition) is 4. The Hall–Kier alpha value is -4.79. The van der Waals surface area contributed by atoms with Gasteiger partial charge in [0, 0.05) is 71.2 Å². The molecule has 7 rings (SSSR count). The lowest BCUT2D eigenvalue weighted by Gasteiger charge is -2.21. The normalized spacial score (nSPS) is 13.6. The first-order valence-corrected chi connectivity index (χ1v) is 13.6. The number of rotatable bonds is 5. The number of aryl methyl sites for hydroxylation is 4. The molecule has 2 aromatic heterocycles. The van der Waals surface area contributed by atoms with E-state index in [1.165, 1.54) is 11.1 Å². The van der Waals surface area contributed by atoms with Gasteiger partial charge in [-0.2, -0.15) is 5.10 Å². The number of nitrogens with zero attached hydrogens (tertiary/aromatic N) is 3. The second-order valence-corrected chi connectivity index (χ2v) is 10.5. The molecule has 0 saturated heterocycles. The highest BCUT2D eigenvalue weighted by Crippen LogP contribution is 2.47. The number of carbonyl (C=O) groups is 2. The molecule has 0 unspecified atom stereocenters. The maximum atomic E-state index is 13.3. The van der Waals surface area contributed by atoms with Crippen LogP contribution in [0.3, 0.4) is 0 Å². The number of anilines is 2. The van der Waals surface area contributed by atoms with Crippen LogP contribution in [0.15, 0.2) is 48.7 Å². The highest BCUT2D eigenvalue weighted by molar-refractivity contribution is 6.20. The van der Waals surface area contributed by atoms with Gasteiger partial charge in [0.05, 0.1) is 23.9 Å². The van der Waals surface area contributed by atoms with Crippen LogP contribution in [0.4, 0.5) is 16.2 Å². The summed E-state index contributed by atoms with van der Waals surface area (Å²) in [5.74, 6) is 0.634. The molecule has 1 aliphatic heterocycles. The van der Waals surface area contributed by atoms with Crippen LogP contribution in [-0.4, -0.2) is 33.4 Å². The standard InChI is InChI=1S/C31H30N6O3/c1-4-12-37-25-11-8-18(34-31(39)33-17-6-5-7-19(13-17)40-3)14-21(25)27-22-15-32-30(38)28(22)26-20(29(27)37)9-10-24-23(26)16-36(2)35-24/h5-8,11,13-14,16H,4,9-10,12,15H2,1-3H3,(H,32,38)(H2,33,34,39). The number of ether oxygens (including phenoxy) is 1. The molecule has 0 saturated carbocycles. The quantitative estimate of drug-likeness (QED) is 0.273. The molecule has 5 aromatic rings. The Morgan fingerprint density at radius 2 is 1.90 bits per heavy atom. The topological polar surface area (TPSA) is 102 Å². The molecule has 3 heterocycles. The summed E-state index contributed by atoms with van der Waals surface area (Å²) in [4.78, 5) is 26.2. The Kier molecular flexibility index (Phi) is 5.55. The number of nitrogens with one attached hydrogen (secondary N) is 3. The van der Waals surface area contributed by atoms with Gasteiger partial charge in [0.1, 0.15) is 5.75 Å². The van der Waals surface area contributed by atoms with E-state index >= 15 is 0 Å². The summed E-state index contributed by atoms with van der Waals surface area (Å²) in [7, 11) is 3.53. The molecule has 202 valence electrons. The molecular weight excluding hydrogens is 504 g/mol. The van der Waals surface area contributed by atoms with Crippen LogP contribution >= 0.6 is 0 Å². The van der Waals surface area contributed by atoms with E-state index in [0.717, 1.165) is 70.0 Å². The van der Waals surface area contributed by atoms with Gasteiger partial charge in [-0.25, -0.2) is 4.79 Å². The van der Waals surface area contributed by atoms with Gasteiger partial charge in [0.15, 0.2) is 0 Å². The third-order valence-electron chi connectivity index (χ3n) is 7.98. The summed E-state index contributed by atoms with van der Waals surface area (Å²) in [5.41, 5.74) is 9.74. The minimum absolute atomic E-state index is 0.0341. The fourth-order valence-corrected chi connectivity index (χ4v) is 6.44. The molecule has 3 amide bonds. The smallest absolute Gasteiger partial charge is 0.323 e. The van der Waals surface area contributed by atoms with Crippen LogP contribution in [0, 0.1) is 0 Å². The molecule has 9 nitrogen and oxygen atoms in total. The van der Waals surface area contributed by atoms with E-state index in [9.17, 15) is 9.59 Å². The Morgan fingerprint density at radius 1 is 1.07 bits per heavy atom. The maximum absolute atomic E-state index is 13.3. The van der Waals surface area contributed by atoms with Crippen molar-refractivity contribution in [2.75, 3.05) is 17.7 Å². The van der Waals surface area contributed by atoms with E-state index in [1.54, 1.807) is 13.2 Å². The van der Waals surface area contributed by atoms with Gasteiger partial charge in [-0.1, -0.05) is 13.0 Å². The van der Waals surface area contributed by atoms with Gasteiger partial charge in [0.25, 0.3) is 5.91 Å². The molecule has 0 radical (unpaired) electrons. The summed E-state index contributed by atoms with van der Waals surface area (Å²) in [6.45, 7) is 3.52. The van der Waals surface area contributed by atoms with E-state index in [4.69, 9.17) is 4.74 Å². The zero-order chi connectivity index (χ0) is 27.5. The lowest BCUT2D eigenvalue weighted by Crippen LogP contribution is -2.19. The molecule has 0 fully saturated rings. The van der Waals surface area contributed by atoms with Crippen LogP contribution < -0.4 is 20.7 Å². The highest BCUT2D eigenvalue weighted by Gasteiger charge is 2.35. The molecule has 40 heavy (non-hydrogen) atoms. The van der Waals surface area contributed by atoms with Crippen LogP contribution in [0.5, 0.6) is 5.75 Å². The predicted molar refractivity (Wildman–Crippen MR) is 156 cm³/mol. The molecule has 2 aliphatic rings. The molecule has 1 aliphatic carbocycles. The van der Waals surface area contributed by atoms with Crippen LogP contribution in [0.25, 0.3) is 32.9 Å². The van der Waals surface area contributed by atoms with E-state index in [2.05, 4.69) is 38.6 Å². The van der Waals surface area contributed by atoms with Gasteiger partial charge < -0.3 is 25.3 Å². The molecule has 9 heteroatoms. The molecule has 3 aromatic carbocycles. The summed E-state index contributed by atoms with van der Waals surface area (Å²) >= 11 is 0. The third kappa shape index (κ3) is 3.65. The van der Waals surface area contributed by atoms with E-state index in [1.807, 2.05) is 48.3 Å². The van der Waals surface area contributed by atoms with Gasteiger partial charge >= 0.3 is 6.03 Å². The summed E-state index contributed by atoms with van der Waals surface area (Å²) in [5, 5.41) is 15.8. The number of methoxy groups -OCH3 is 1. The van der Waals surface area contributed by atoms with Crippen LogP contribution in [0.2, 0.25) is 0 Å². The fraction of sp³-hybridized carbons (Fsp3) is 0.258. The highest BCUT2D eigenvalue weighted by atomic mass is 16.5. The maximum Gasteiger partial charge on any atom is 0.323 e. The average Bonchev–Trinajstić information content (AvgIpc) is 3.61. The summed E-state index contributed by atoms with van der Waals surface area (Å²) in [6.07, 6.45) is 4.68. The van der Waals surface area contributed by atoms with Crippen molar-refractivity contribution in [2.24, 2.45) is 7.05 Å². The molecule has 0 spiro atoms. The van der Waals surface area contributed by atoms with Gasteiger partial charge in [-0.3, -0.25) is 9.48 Å². The number of carbonyl (C=O) groups excluding carboxylic acids is 2. The fourth-order valence-electron chi connectivity index (χ4n) is 6.44. The Bertz CT molecular complexity index is 1860. The van der Waals surface area contributed by atoms with Crippen molar-refractivity contribution in [3.8, 4) is 16.9 Å². The van der Waals surface area contributed by atoms with Gasteiger partial charge in [-0.05, 0) is 60.7 Å². The number of amides is 3. The lowest BCUT2D eigenvalue weighted by atomic mass is 9.82. The Labute approximate surface area is 231 Å². The van der Waals surface area contributed by atoms with Crippen molar-refractivity contribution in [1.82, 2.24) is 19.7 Å². The summed E-state index contributed by atoms with van der Waals surface area (Å²) in [6, 6.07) is 12.9. The third-order valence-corrected chi connectivity index (χ3v) is 7.98. The second kappa shape index (κ2) is 9.15. The zero-order valence-corrected chi connectivity index (χ0v) is 22.7. The minimum Gasteiger partial charge on any atom is -0.497 e. The van der Waals surface area contributed by atoms with Crippen molar-refractivity contribution in [1.29, 1.82) is 0 Å². The monoisotopic (exact) mass is 534 g/mol. The first-order chi connectivity index (χ1) is 19.5. The molecule has 0 bridgehead atoms. The number of hydrogen-bond donors (Lipinski definition) is 3. The lowest BCUT2D eigenvalue weighted by molar-refractivity contribution is 0.0966. The Morgan fingerprint density at radius 3 is 2.70 bits per heavy atom. The van der Waals surface area contributed by atoms with Crippen LogP contribution in [-0.2, 0) is 33.0 Å². The number of fused-ring (bicyclic) bond motifs is 10. The van der Waals surface area contributed by atoms with Gasteiger partial charge in [0.2, 0.25) is 0 Å². The second-order valence-electron chi connectivity index (χ2n) is 10.5. The predicted octanol–water partition coefficient (Wildman–Crippen LogP) is 5.60. The van der Waals surface area contributed by atoms with Crippen molar-refractivity contribution in [3.05, 3.63) is 71.0 Å². The molecule has 3 N–H and O–H groups in total. The van der Waals surface area contributed by atoms with Crippen molar-refractivity contribution in [2.45, 2.75) is 39.3 Å². The Balaban J connectivity index is 1.39. The summed E-state index contributed by atoms with van der Waals surface area (Å²) < 4.78 is 9.51. The molecule has 0 atom stereocenters. The number of benzene rings is 3.